The van der Waals surface area contributed by atoms with Crippen molar-refractivity contribution in [2.75, 3.05) is 20.3 Å². The minimum Gasteiger partial charge on any atom is -0.497 e. The van der Waals surface area contributed by atoms with Crippen LogP contribution in [0.4, 0.5) is 0 Å². The normalized spacial score (nSPS) is 21.2. The summed E-state index contributed by atoms with van der Waals surface area (Å²) >= 11 is 6.60. The Morgan fingerprint density at radius 2 is 1.70 bits per heavy atom. The Morgan fingerprint density at radius 3 is 2.32 bits per heavy atom. The van der Waals surface area contributed by atoms with Crippen molar-refractivity contribution < 1.29 is 28.6 Å². The maximum absolute atomic E-state index is 14.3. The summed E-state index contributed by atoms with van der Waals surface area (Å²) in [5.41, 5.74) is 3.28. The Kier molecular flexibility index (Phi) is 8.03. The van der Waals surface area contributed by atoms with Crippen molar-refractivity contribution in [2.24, 2.45) is 5.92 Å². The fraction of sp³-hybridized carbons (Fsp3) is 0.345. The van der Waals surface area contributed by atoms with Crippen LogP contribution >= 0.6 is 11.6 Å². The lowest BCUT2D eigenvalue weighted by atomic mass is 9.67. The highest BCUT2D eigenvalue weighted by Crippen LogP contribution is 2.49. The van der Waals surface area contributed by atoms with Crippen molar-refractivity contribution in [3.63, 3.8) is 0 Å². The van der Waals surface area contributed by atoms with E-state index in [0.717, 1.165) is 5.56 Å². The first-order valence-electron chi connectivity index (χ1n) is 12.3. The molecular formula is C29H30ClNO6. The molecule has 7 nitrogen and oxygen atoms in total. The number of hydrogen-bond donors (Lipinski definition) is 1. The standard InChI is InChI=1S/C29H30ClNO6/c1-5-36-28(33)23-16(3)31-22-15-20(17-11-13-18(35-4)14-12-17)25(29(34)37-6-2)27(32)26(22)24(23)19-9-7-8-10-21(19)30/h7-14,20,24-25,31H,5-6,15H2,1-4H3. The number of ketones is 1. The number of halogens is 1. The number of benzene rings is 2. The zero-order valence-corrected chi connectivity index (χ0v) is 22.1. The molecule has 1 N–H and O–H groups in total. The van der Waals surface area contributed by atoms with E-state index in [2.05, 4.69) is 5.32 Å². The van der Waals surface area contributed by atoms with Gasteiger partial charge in [-0.15, -0.1) is 0 Å². The van der Waals surface area contributed by atoms with Gasteiger partial charge in [-0.1, -0.05) is 41.9 Å². The highest BCUT2D eigenvalue weighted by molar-refractivity contribution is 6.31. The maximum Gasteiger partial charge on any atom is 0.336 e. The van der Waals surface area contributed by atoms with Crippen LogP contribution < -0.4 is 10.1 Å². The van der Waals surface area contributed by atoms with Gasteiger partial charge in [0.1, 0.15) is 11.7 Å². The molecule has 0 bridgehead atoms. The van der Waals surface area contributed by atoms with E-state index in [1.807, 2.05) is 12.1 Å². The molecular weight excluding hydrogens is 494 g/mol. The van der Waals surface area contributed by atoms with Gasteiger partial charge in [-0.05, 0) is 56.5 Å². The van der Waals surface area contributed by atoms with E-state index in [-0.39, 0.29) is 13.2 Å². The molecule has 0 saturated heterocycles. The quantitative estimate of drug-likeness (QED) is 0.400. The number of nitrogens with one attached hydrogen (secondary N) is 1. The van der Waals surface area contributed by atoms with Crippen molar-refractivity contribution >= 4 is 29.3 Å². The van der Waals surface area contributed by atoms with E-state index >= 15 is 0 Å². The average molecular weight is 524 g/mol. The lowest BCUT2D eigenvalue weighted by molar-refractivity contribution is -0.152. The van der Waals surface area contributed by atoms with Gasteiger partial charge < -0.3 is 19.5 Å². The highest BCUT2D eigenvalue weighted by atomic mass is 35.5. The van der Waals surface area contributed by atoms with E-state index in [0.29, 0.717) is 45.3 Å². The molecule has 1 heterocycles. The van der Waals surface area contributed by atoms with E-state index < -0.39 is 35.5 Å². The minimum atomic E-state index is -1.08. The molecule has 0 spiro atoms. The molecule has 0 saturated carbocycles. The highest BCUT2D eigenvalue weighted by Gasteiger charge is 2.49. The molecule has 0 radical (unpaired) electrons. The van der Waals surface area contributed by atoms with E-state index in [1.165, 1.54) is 0 Å². The Morgan fingerprint density at radius 1 is 1.03 bits per heavy atom. The Balaban J connectivity index is 1.90. The van der Waals surface area contributed by atoms with Gasteiger partial charge in [0.2, 0.25) is 0 Å². The molecule has 0 fully saturated rings. The molecule has 3 atom stereocenters. The predicted octanol–water partition coefficient (Wildman–Crippen LogP) is 5.06. The first-order chi connectivity index (χ1) is 17.8. The SMILES string of the molecule is CCOC(=O)C1=C(C)NC2=C(C(=O)C(C(=O)OCC)C(c3ccc(OC)cc3)C2)C1c1ccccc1Cl. The molecule has 4 rings (SSSR count). The third-order valence-electron chi connectivity index (χ3n) is 6.82. The summed E-state index contributed by atoms with van der Waals surface area (Å²) in [4.78, 5) is 40.7. The van der Waals surface area contributed by atoms with Gasteiger partial charge in [-0.25, -0.2) is 4.79 Å². The number of carbonyl (C=O) groups excluding carboxylic acids is 3. The molecule has 8 heteroatoms. The monoisotopic (exact) mass is 523 g/mol. The van der Waals surface area contributed by atoms with Crippen LogP contribution in [0.1, 0.15) is 50.2 Å². The lowest BCUT2D eigenvalue weighted by Crippen LogP contribution is -2.43. The summed E-state index contributed by atoms with van der Waals surface area (Å²) in [7, 11) is 1.58. The molecule has 0 amide bonds. The number of ether oxygens (including phenoxy) is 3. The van der Waals surface area contributed by atoms with Crippen LogP contribution in [0.15, 0.2) is 71.1 Å². The zero-order valence-electron chi connectivity index (χ0n) is 21.3. The van der Waals surface area contributed by atoms with E-state index in [4.69, 9.17) is 25.8 Å². The second-order valence-electron chi connectivity index (χ2n) is 8.91. The van der Waals surface area contributed by atoms with Crippen LogP contribution in [0.2, 0.25) is 5.02 Å². The molecule has 37 heavy (non-hydrogen) atoms. The number of Topliss-reactive ketones (excluding diaryl/α,β-unsaturated/α-hetero) is 1. The summed E-state index contributed by atoms with van der Waals surface area (Å²) in [6.07, 6.45) is 0.366. The number of dihydropyridines is 1. The van der Waals surface area contributed by atoms with Crippen LogP contribution in [-0.4, -0.2) is 38.0 Å². The second kappa shape index (κ2) is 11.2. The third-order valence-corrected chi connectivity index (χ3v) is 7.16. The summed E-state index contributed by atoms with van der Waals surface area (Å²) in [5.74, 6) is -3.19. The van der Waals surface area contributed by atoms with Gasteiger partial charge in [0.05, 0.1) is 25.9 Å². The summed E-state index contributed by atoms with van der Waals surface area (Å²) in [6.45, 7) is 5.53. The molecule has 2 aromatic carbocycles. The summed E-state index contributed by atoms with van der Waals surface area (Å²) in [5, 5.41) is 3.70. The van der Waals surface area contributed by atoms with Crippen molar-refractivity contribution in [1.29, 1.82) is 0 Å². The Bertz CT molecular complexity index is 1280. The average Bonchev–Trinajstić information content (AvgIpc) is 2.88. The Labute approximate surface area is 221 Å². The minimum absolute atomic E-state index is 0.142. The maximum atomic E-state index is 14.3. The number of hydrogen-bond acceptors (Lipinski definition) is 7. The van der Waals surface area contributed by atoms with Crippen LogP contribution in [0.5, 0.6) is 5.75 Å². The molecule has 0 aromatic heterocycles. The third kappa shape index (κ3) is 5.01. The van der Waals surface area contributed by atoms with Crippen LogP contribution in [0, 0.1) is 5.92 Å². The largest absolute Gasteiger partial charge is 0.497 e. The van der Waals surface area contributed by atoms with E-state index in [1.54, 1.807) is 64.3 Å². The van der Waals surface area contributed by atoms with Crippen molar-refractivity contribution in [1.82, 2.24) is 5.32 Å². The van der Waals surface area contributed by atoms with Gasteiger partial charge in [-0.3, -0.25) is 9.59 Å². The van der Waals surface area contributed by atoms with Gasteiger partial charge >= 0.3 is 11.9 Å². The first-order valence-corrected chi connectivity index (χ1v) is 12.7. The summed E-state index contributed by atoms with van der Waals surface area (Å²) in [6, 6.07) is 14.4. The fourth-order valence-corrected chi connectivity index (χ4v) is 5.45. The number of carbonyl (C=O) groups is 3. The molecule has 3 unspecified atom stereocenters. The topological polar surface area (TPSA) is 90.9 Å². The molecule has 2 aromatic rings. The fourth-order valence-electron chi connectivity index (χ4n) is 5.20. The summed E-state index contributed by atoms with van der Waals surface area (Å²) < 4.78 is 16.0. The van der Waals surface area contributed by atoms with Gasteiger partial charge in [-0.2, -0.15) is 0 Å². The molecule has 1 aliphatic carbocycles. The van der Waals surface area contributed by atoms with Gasteiger partial charge in [0, 0.05) is 33.8 Å². The first kappa shape index (κ1) is 26.5. The number of esters is 2. The van der Waals surface area contributed by atoms with Crippen LogP contribution in [0.25, 0.3) is 0 Å². The van der Waals surface area contributed by atoms with Gasteiger partial charge in [0.25, 0.3) is 0 Å². The van der Waals surface area contributed by atoms with Crippen molar-refractivity contribution in [2.45, 2.75) is 39.0 Å². The van der Waals surface area contributed by atoms with Crippen molar-refractivity contribution in [3.8, 4) is 5.75 Å². The van der Waals surface area contributed by atoms with E-state index in [9.17, 15) is 14.4 Å². The number of methoxy groups -OCH3 is 1. The van der Waals surface area contributed by atoms with Gasteiger partial charge in [0.15, 0.2) is 5.78 Å². The predicted molar refractivity (Wildman–Crippen MR) is 139 cm³/mol. The smallest absolute Gasteiger partial charge is 0.336 e. The zero-order chi connectivity index (χ0) is 26.7. The Hall–Kier alpha value is -3.58. The molecule has 1 aliphatic heterocycles. The molecule has 2 aliphatic rings. The van der Waals surface area contributed by atoms with Crippen LogP contribution in [-0.2, 0) is 23.9 Å². The number of allylic oxidation sites excluding steroid dienone is 3. The van der Waals surface area contributed by atoms with Crippen LogP contribution in [0.3, 0.4) is 0 Å². The molecule has 194 valence electrons. The van der Waals surface area contributed by atoms with Crippen molar-refractivity contribution in [3.05, 3.63) is 87.2 Å². The number of rotatable bonds is 7. The second-order valence-corrected chi connectivity index (χ2v) is 9.32. The lowest BCUT2D eigenvalue weighted by Gasteiger charge is -2.39.